The molecular formula is C23H39FN4O2. The molecule has 0 spiro atoms. The number of fused-ring (bicyclic) bond motifs is 1. The van der Waals surface area contributed by atoms with Crippen molar-refractivity contribution in [3.8, 4) is 0 Å². The molecule has 0 aromatic heterocycles. The molecule has 2 saturated heterocycles. The third kappa shape index (κ3) is 4.67. The summed E-state index contributed by atoms with van der Waals surface area (Å²) in [5.41, 5.74) is 0. The van der Waals surface area contributed by atoms with E-state index in [2.05, 4.69) is 22.5 Å². The maximum atomic E-state index is 14.4. The van der Waals surface area contributed by atoms with E-state index in [0.717, 1.165) is 51.9 Å². The van der Waals surface area contributed by atoms with Gasteiger partial charge in [-0.25, -0.2) is 4.39 Å². The third-order valence-corrected chi connectivity index (χ3v) is 8.13. The molecule has 4 fully saturated rings. The lowest BCUT2D eigenvalue weighted by Gasteiger charge is -2.42. The van der Waals surface area contributed by atoms with Crippen molar-refractivity contribution < 1.29 is 14.0 Å². The quantitative estimate of drug-likeness (QED) is 0.728. The van der Waals surface area contributed by atoms with Crippen molar-refractivity contribution in [3.05, 3.63) is 0 Å². The summed E-state index contributed by atoms with van der Waals surface area (Å²) < 4.78 is 14.4. The van der Waals surface area contributed by atoms with Gasteiger partial charge in [-0.3, -0.25) is 14.5 Å². The Morgan fingerprint density at radius 2 is 1.83 bits per heavy atom. The second-order valence-electron chi connectivity index (χ2n) is 10.0. The van der Waals surface area contributed by atoms with Gasteiger partial charge in [0.05, 0.1) is 6.04 Å². The molecule has 2 aliphatic carbocycles. The summed E-state index contributed by atoms with van der Waals surface area (Å²) in [6.07, 6.45) is 6.28. The molecule has 2 aliphatic heterocycles. The van der Waals surface area contributed by atoms with Crippen LogP contribution in [0.3, 0.4) is 0 Å². The monoisotopic (exact) mass is 422 g/mol. The lowest BCUT2D eigenvalue weighted by atomic mass is 9.77. The van der Waals surface area contributed by atoms with Crippen LogP contribution >= 0.6 is 0 Å². The van der Waals surface area contributed by atoms with Crippen LogP contribution in [0.5, 0.6) is 0 Å². The number of piperazine rings is 1. The van der Waals surface area contributed by atoms with Gasteiger partial charge in [0.15, 0.2) is 0 Å². The van der Waals surface area contributed by atoms with Crippen LogP contribution in [0.1, 0.15) is 65.2 Å². The van der Waals surface area contributed by atoms with E-state index in [4.69, 9.17) is 0 Å². The minimum atomic E-state index is -0.770. The molecule has 4 aliphatic rings. The molecule has 5 unspecified atom stereocenters. The number of carbonyl (C=O) groups excluding carboxylic acids is 2. The third-order valence-electron chi connectivity index (χ3n) is 8.13. The number of halogens is 1. The van der Waals surface area contributed by atoms with Gasteiger partial charge in [0, 0.05) is 56.6 Å². The molecule has 30 heavy (non-hydrogen) atoms. The number of nitrogens with one attached hydrogen (secondary N) is 2. The highest BCUT2D eigenvalue weighted by molar-refractivity contribution is 5.82. The summed E-state index contributed by atoms with van der Waals surface area (Å²) in [7, 11) is 0. The molecule has 7 atom stereocenters. The predicted octanol–water partition coefficient (Wildman–Crippen LogP) is 2.08. The highest BCUT2D eigenvalue weighted by Crippen LogP contribution is 2.38. The maximum absolute atomic E-state index is 14.4. The van der Waals surface area contributed by atoms with Crippen molar-refractivity contribution in [2.75, 3.05) is 26.2 Å². The number of alkyl halides is 1. The van der Waals surface area contributed by atoms with Gasteiger partial charge in [0.25, 0.3) is 0 Å². The van der Waals surface area contributed by atoms with E-state index in [-0.39, 0.29) is 35.9 Å². The maximum Gasteiger partial charge on any atom is 0.237 e. The van der Waals surface area contributed by atoms with Crippen molar-refractivity contribution in [3.63, 3.8) is 0 Å². The lowest BCUT2D eigenvalue weighted by Crippen LogP contribution is -2.55. The van der Waals surface area contributed by atoms with Crippen molar-refractivity contribution in [2.24, 2.45) is 11.8 Å². The fourth-order valence-electron chi connectivity index (χ4n) is 6.29. The standard InChI is InChI=1S/C23H39FN4O2/c1-3-21(29)28-11-9-27(10-12-28)17-6-4-5-16(13-17)25-23(30)20-14-18-19(24)8-7-15(2)22(18)26-20/h15-20,22,26H,3-14H2,1-2H3,(H,25,30)/t15?,16-,17-,18?,19?,20?,22?/m1/s1. The van der Waals surface area contributed by atoms with E-state index < -0.39 is 6.17 Å². The SMILES string of the molecule is CCC(=O)N1CCN([C@@H]2CCC[C@@H](NC(=O)C3CC4C(F)CCC(C)C4N3)C2)CC1. The summed E-state index contributed by atoms with van der Waals surface area (Å²) in [6.45, 7) is 7.60. The van der Waals surface area contributed by atoms with Crippen LogP contribution < -0.4 is 10.6 Å². The number of carbonyl (C=O) groups is 2. The Balaban J connectivity index is 1.26. The fourth-order valence-corrected chi connectivity index (χ4v) is 6.29. The zero-order valence-electron chi connectivity index (χ0n) is 18.6. The molecule has 0 bridgehead atoms. The highest BCUT2D eigenvalue weighted by atomic mass is 19.1. The van der Waals surface area contributed by atoms with Crippen LogP contribution in [0.25, 0.3) is 0 Å². The van der Waals surface area contributed by atoms with Gasteiger partial charge in [0.2, 0.25) is 11.8 Å². The zero-order chi connectivity index (χ0) is 21.3. The number of hydrogen-bond donors (Lipinski definition) is 2. The Labute approximate surface area is 180 Å². The number of amides is 2. The van der Waals surface area contributed by atoms with E-state index in [1.807, 2.05) is 11.8 Å². The topological polar surface area (TPSA) is 64.7 Å². The first-order chi connectivity index (χ1) is 14.5. The van der Waals surface area contributed by atoms with Crippen LogP contribution in [-0.2, 0) is 9.59 Å². The first-order valence-corrected chi connectivity index (χ1v) is 12.2. The second kappa shape index (κ2) is 9.51. The summed E-state index contributed by atoms with van der Waals surface area (Å²) in [6, 6.07) is 0.584. The Morgan fingerprint density at radius 1 is 1.07 bits per heavy atom. The Morgan fingerprint density at radius 3 is 2.53 bits per heavy atom. The average Bonchev–Trinajstić information content (AvgIpc) is 3.23. The molecule has 4 rings (SSSR count). The van der Waals surface area contributed by atoms with Crippen molar-refractivity contribution >= 4 is 11.8 Å². The van der Waals surface area contributed by atoms with Crippen LogP contribution in [-0.4, -0.2) is 78.1 Å². The van der Waals surface area contributed by atoms with Crippen LogP contribution in [0.4, 0.5) is 4.39 Å². The van der Waals surface area contributed by atoms with Crippen molar-refractivity contribution in [1.82, 2.24) is 20.4 Å². The molecule has 0 aromatic rings. The Hall–Kier alpha value is -1.21. The van der Waals surface area contributed by atoms with E-state index in [9.17, 15) is 14.0 Å². The summed E-state index contributed by atoms with van der Waals surface area (Å²) in [5, 5.41) is 6.75. The molecule has 7 heteroatoms. The van der Waals surface area contributed by atoms with Crippen LogP contribution in [0.15, 0.2) is 0 Å². The second-order valence-corrected chi connectivity index (χ2v) is 10.0. The number of nitrogens with zero attached hydrogens (tertiary/aromatic N) is 2. The molecular weight excluding hydrogens is 383 g/mol. The van der Waals surface area contributed by atoms with Crippen LogP contribution in [0.2, 0.25) is 0 Å². The molecule has 2 amide bonds. The van der Waals surface area contributed by atoms with Gasteiger partial charge in [0.1, 0.15) is 6.17 Å². The van der Waals surface area contributed by atoms with E-state index >= 15 is 0 Å². The average molecular weight is 423 g/mol. The van der Waals surface area contributed by atoms with E-state index in [1.165, 1.54) is 6.42 Å². The summed E-state index contributed by atoms with van der Waals surface area (Å²) in [4.78, 5) is 29.3. The molecule has 2 saturated carbocycles. The predicted molar refractivity (Wildman–Crippen MR) is 115 cm³/mol. The first kappa shape index (κ1) is 22.0. The fraction of sp³-hybridized carbons (Fsp3) is 0.913. The Kier molecular flexibility index (Phi) is 6.98. The van der Waals surface area contributed by atoms with E-state index in [1.54, 1.807) is 0 Å². The van der Waals surface area contributed by atoms with Crippen LogP contribution in [0, 0.1) is 11.8 Å². The lowest BCUT2D eigenvalue weighted by molar-refractivity contribution is -0.133. The van der Waals surface area contributed by atoms with Gasteiger partial charge in [-0.05, 0) is 50.9 Å². The molecule has 2 N–H and O–H groups in total. The zero-order valence-corrected chi connectivity index (χ0v) is 18.6. The minimum absolute atomic E-state index is 0.00858. The molecule has 0 radical (unpaired) electrons. The van der Waals surface area contributed by atoms with E-state index in [0.29, 0.717) is 31.2 Å². The molecule has 6 nitrogen and oxygen atoms in total. The van der Waals surface area contributed by atoms with Crippen molar-refractivity contribution in [2.45, 2.75) is 95.6 Å². The van der Waals surface area contributed by atoms with Gasteiger partial charge in [-0.15, -0.1) is 0 Å². The van der Waals surface area contributed by atoms with Gasteiger partial charge in [-0.1, -0.05) is 13.8 Å². The summed E-state index contributed by atoms with van der Waals surface area (Å²) in [5.74, 6) is 0.744. The minimum Gasteiger partial charge on any atom is -0.352 e. The highest BCUT2D eigenvalue weighted by Gasteiger charge is 2.46. The normalized spacial score (nSPS) is 40.1. The largest absolute Gasteiger partial charge is 0.352 e. The first-order valence-electron chi connectivity index (χ1n) is 12.2. The number of hydrogen-bond acceptors (Lipinski definition) is 4. The van der Waals surface area contributed by atoms with Gasteiger partial charge in [-0.2, -0.15) is 0 Å². The number of rotatable bonds is 4. The van der Waals surface area contributed by atoms with Crippen molar-refractivity contribution in [1.29, 1.82) is 0 Å². The smallest absolute Gasteiger partial charge is 0.237 e. The Bertz CT molecular complexity index is 606. The summed E-state index contributed by atoms with van der Waals surface area (Å²) >= 11 is 0. The van der Waals surface area contributed by atoms with Gasteiger partial charge < -0.3 is 15.5 Å². The molecule has 2 heterocycles. The van der Waals surface area contributed by atoms with Gasteiger partial charge >= 0.3 is 0 Å². The molecule has 0 aromatic carbocycles. The molecule has 170 valence electrons.